The second-order valence-corrected chi connectivity index (χ2v) is 5.28. The summed E-state index contributed by atoms with van der Waals surface area (Å²) in [5.74, 6) is -0.832. The second kappa shape index (κ2) is 7.02. The minimum Gasteiger partial charge on any atom is -0.449 e. The third kappa shape index (κ3) is 4.15. The van der Waals surface area contributed by atoms with Crippen LogP contribution in [-0.4, -0.2) is 30.3 Å². The molecule has 0 saturated heterocycles. The highest BCUT2D eigenvalue weighted by Crippen LogP contribution is 2.17. The lowest BCUT2D eigenvalue weighted by molar-refractivity contribution is -0.129. The summed E-state index contributed by atoms with van der Waals surface area (Å²) in [5, 5.41) is 2.89. The Morgan fingerprint density at radius 3 is 2.43 bits per heavy atom. The fourth-order valence-electron chi connectivity index (χ4n) is 2.37. The van der Waals surface area contributed by atoms with Gasteiger partial charge in [0.05, 0.1) is 5.56 Å². The molecule has 1 aromatic carbocycles. The molecule has 0 aromatic heterocycles. The summed E-state index contributed by atoms with van der Waals surface area (Å²) in [5.41, 5.74) is 0.805. The van der Waals surface area contributed by atoms with E-state index in [2.05, 4.69) is 5.32 Å². The van der Waals surface area contributed by atoms with E-state index in [0.717, 1.165) is 25.7 Å². The first-order valence-electron chi connectivity index (χ1n) is 7.17. The maximum absolute atomic E-state index is 11.9. The van der Waals surface area contributed by atoms with Crippen molar-refractivity contribution >= 4 is 18.2 Å². The van der Waals surface area contributed by atoms with Crippen molar-refractivity contribution in [2.45, 2.75) is 44.8 Å². The van der Waals surface area contributed by atoms with Crippen LogP contribution in [0.3, 0.4) is 0 Å². The topological polar surface area (TPSA) is 72.5 Å². The summed E-state index contributed by atoms with van der Waals surface area (Å²) in [4.78, 5) is 34.4. The van der Waals surface area contributed by atoms with Gasteiger partial charge in [-0.05, 0) is 31.9 Å². The van der Waals surface area contributed by atoms with Gasteiger partial charge in [0, 0.05) is 11.6 Å². The molecule has 1 atom stereocenters. The molecule has 112 valence electrons. The van der Waals surface area contributed by atoms with Crippen LogP contribution in [0, 0.1) is 0 Å². The number of carbonyl (C=O) groups excluding carboxylic acids is 3. The summed E-state index contributed by atoms with van der Waals surface area (Å²) in [6.45, 7) is 1.56. The predicted octanol–water partition coefficient (Wildman–Crippen LogP) is 2.10. The highest BCUT2D eigenvalue weighted by molar-refractivity contribution is 5.92. The van der Waals surface area contributed by atoms with Crippen LogP contribution in [0.5, 0.6) is 0 Å². The van der Waals surface area contributed by atoms with Gasteiger partial charge in [-0.2, -0.15) is 0 Å². The lowest BCUT2D eigenvalue weighted by atomic mass is 10.1. The van der Waals surface area contributed by atoms with E-state index in [0.29, 0.717) is 17.4 Å². The normalized spacial score (nSPS) is 16.2. The minimum atomic E-state index is -0.830. The maximum atomic E-state index is 11.9. The number of ether oxygens (including phenoxy) is 1. The van der Waals surface area contributed by atoms with Crippen LogP contribution in [0.4, 0.5) is 0 Å². The first-order valence-corrected chi connectivity index (χ1v) is 7.17. The number of hydrogen-bond acceptors (Lipinski definition) is 4. The average Bonchev–Trinajstić information content (AvgIpc) is 3.00. The number of benzene rings is 1. The van der Waals surface area contributed by atoms with E-state index in [-0.39, 0.29) is 11.9 Å². The van der Waals surface area contributed by atoms with Gasteiger partial charge in [0.2, 0.25) is 0 Å². The molecule has 5 heteroatoms. The molecule has 1 saturated carbocycles. The second-order valence-electron chi connectivity index (χ2n) is 5.28. The molecule has 0 radical (unpaired) electrons. The third-order valence-corrected chi connectivity index (χ3v) is 3.64. The van der Waals surface area contributed by atoms with Crippen LogP contribution >= 0.6 is 0 Å². The summed E-state index contributed by atoms with van der Waals surface area (Å²) < 4.78 is 5.14. The molecule has 0 bridgehead atoms. The Morgan fingerprint density at radius 1 is 1.24 bits per heavy atom. The van der Waals surface area contributed by atoms with Gasteiger partial charge in [0.25, 0.3) is 5.91 Å². The molecule has 0 heterocycles. The van der Waals surface area contributed by atoms with Crippen LogP contribution in [0.2, 0.25) is 0 Å². The van der Waals surface area contributed by atoms with Crippen molar-refractivity contribution in [1.82, 2.24) is 5.32 Å². The van der Waals surface area contributed by atoms with E-state index in [4.69, 9.17) is 4.74 Å². The molecule has 1 N–H and O–H groups in total. The highest BCUT2D eigenvalue weighted by Gasteiger charge is 2.23. The molecule has 2 rings (SSSR count). The molecule has 0 aliphatic heterocycles. The lowest BCUT2D eigenvalue weighted by Crippen LogP contribution is -2.40. The molecule has 1 aromatic rings. The number of nitrogens with one attached hydrogen (secondary N) is 1. The van der Waals surface area contributed by atoms with Crippen molar-refractivity contribution in [2.24, 2.45) is 0 Å². The molecule has 1 aliphatic rings. The SMILES string of the molecule is C[C@H](OC(=O)c1ccc(C=O)cc1)C(=O)NC1CCCC1. The zero-order valence-corrected chi connectivity index (χ0v) is 12.0. The molecular weight excluding hydrogens is 270 g/mol. The van der Waals surface area contributed by atoms with Gasteiger partial charge >= 0.3 is 5.97 Å². The molecule has 21 heavy (non-hydrogen) atoms. The first-order chi connectivity index (χ1) is 10.1. The number of aldehydes is 1. The van der Waals surface area contributed by atoms with Gasteiger partial charge in [-0.1, -0.05) is 25.0 Å². The van der Waals surface area contributed by atoms with Crippen LogP contribution < -0.4 is 5.32 Å². The number of esters is 1. The van der Waals surface area contributed by atoms with Crippen molar-refractivity contribution in [3.05, 3.63) is 35.4 Å². The number of rotatable bonds is 5. The largest absolute Gasteiger partial charge is 0.449 e. The lowest BCUT2D eigenvalue weighted by Gasteiger charge is -2.17. The summed E-state index contributed by atoms with van der Waals surface area (Å²) >= 11 is 0. The van der Waals surface area contributed by atoms with Gasteiger partial charge in [-0.25, -0.2) is 4.79 Å². The zero-order chi connectivity index (χ0) is 15.2. The molecule has 5 nitrogen and oxygen atoms in total. The van der Waals surface area contributed by atoms with E-state index >= 15 is 0 Å². The Labute approximate surface area is 123 Å². The van der Waals surface area contributed by atoms with Crippen LogP contribution in [0.15, 0.2) is 24.3 Å². The monoisotopic (exact) mass is 289 g/mol. The van der Waals surface area contributed by atoms with Crippen molar-refractivity contribution in [1.29, 1.82) is 0 Å². The van der Waals surface area contributed by atoms with E-state index in [1.807, 2.05) is 0 Å². The van der Waals surface area contributed by atoms with Gasteiger partial charge in [0.1, 0.15) is 6.29 Å². The molecule has 1 amide bonds. The number of hydrogen-bond donors (Lipinski definition) is 1. The van der Waals surface area contributed by atoms with E-state index in [1.165, 1.54) is 24.3 Å². The van der Waals surface area contributed by atoms with Crippen molar-refractivity contribution in [2.75, 3.05) is 0 Å². The fraction of sp³-hybridized carbons (Fsp3) is 0.438. The standard InChI is InChI=1S/C16H19NO4/c1-11(15(19)17-14-4-2-3-5-14)21-16(20)13-8-6-12(10-18)7-9-13/h6-11,14H,2-5H2,1H3,(H,17,19)/t11-/m0/s1. The quantitative estimate of drug-likeness (QED) is 0.665. The molecule has 0 spiro atoms. The van der Waals surface area contributed by atoms with Crippen molar-refractivity contribution in [3.63, 3.8) is 0 Å². The van der Waals surface area contributed by atoms with Gasteiger partial charge in [-0.15, -0.1) is 0 Å². The van der Waals surface area contributed by atoms with Crippen LogP contribution in [0.25, 0.3) is 0 Å². The summed E-state index contributed by atoms with van der Waals surface area (Å²) in [6, 6.07) is 6.28. The summed E-state index contributed by atoms with van der Waals surface area (Å²) in [6.07, 6.45) is 4.10. The van der Waals surface area contributed by atoms with Gasteiger partial charge < -0.3 is 10.1 Å². The van der Waals surface area contributed by atoms with Crippen molar-refractivity contribution in [3.8, 4) is 0 Å². The Balaban J connectivity index is 1.87. The minimum absolute atomic E-state index is 0.200. The fourth-order valence-corrected chi connectivity index (χ4v) is 2.37. The van der Waals surface area contributed by atoms with Gasteiger partial charge in [-0.3, -0.25) is 9.59 Å². The molecule has 0 unspecified atom stereocenters. The Kier molecular flexibility index (Phi) is 5.09. The van der Waals surface area contributed by atoms with Crippen LogP contribution in [0.1, 0.15) is 53.3 Å². The first kappa shape index (κ1) is 15.2. The molecular formula is C16H19NO4. The van der Waals surface area contributed by atoms with E-state index in [9.17, 15) is 14.4 Å². The van der Waals surface area contributed by atoms with E-state index in [1.54, 1.807) is 6.92 Å². The van der Waals surface area contributed by atoms with Gasteiger partial charge in [0.15, 0.2) is 6.10 Å². The van der Waals surface area contributed by atoms with Crippen molar-refractivity contribution < 1.29 is 19.1 Å². The van der Waals surface area contributed by atoms with Crippen LogP contribution in [-0.2, 0) is 9.53 Å². The Morgan fingerprint density at radius 2 is 1.86 bits per heavy atom. The Bertz CT molecular complexity index is 518. The van der Waals surface area contributed by atoms with E-state index < -0.39 is 12.1 Å². The number of amides is 1. The smallest absolute Gasteiger partial charge is 0.338 e. The third-order valence-electron chi connectivity index (χ3n) is 3.64. The number of carbonyl (C=O) groups is 3. The molecule has 1 fully saturated rings. The maximum Gasteiger partial charge on any atom is 0.338 e. The summed E-state index contributed by atoms with van der Waals surface area (Å²) in [7, 11) is 0. The predicted molar refractivity (Wildman–Crippen MR) is 77.1 cm³/mol. The average molecular weight is 289 g/mol. The Hall–Kier alpha value is -2.17. The highest BCUT2D eigenvalue weighted by atomic mass is 16.5. The molecule has 1 aliphatic carbocycles. The zero-order valence-electron chi connectivity index (χ0n) is 12.0.